The first-order valence-corrected chi connectivity index (χ1v) is 11.2. The first kappa shape index (κ1) is 22.1. The molecule has 0 radical (unpaired) electrons. The highest BCUT2D eigenvalue weighted by atomic mass is 35.5. The molecule has 1 fully saturated rings. The van der Waals surface area contributed by atoms with Crippen LogP contribution in [-0.4, -0.2) is 47.4 Å². The minimum Gasteiger partial charge on any atom is -0.495 e. The fraction of sp³-hybridized carbons (Fsp3) is 0.350. The lowest BCUT2D eigenvalue weighted by Gasteiger charge is -2.35. The van der Waals surface area contributed by atoms with E-state index in [9.17, 15) is 8.78 Å². The Morgan fingerprint density at radius 1 is 1.10 bits per heavy atom. The second-order valence-electron chi connectivity index (χ2n) is 7.04. The molecule has 1 aliphatic rings. The van der Waals surface area contributed by atoms with E-state index < -0.39 is 12.0 Å². The molecule has 1 saturated carbocycles. The molecule has 1 N–H and O–H groups in total. The summed E-state index contributed by atoms with van der Waals surface area (Å²) in [4.78, 5) is 13.5. The normalized spacial score (nSPS) is 15.6. The number of aromatic nitrogens is 3. The molecule has 0 aliphatic heterocycles. The van der Waals surface area contributed by atoms with Crippen LogP contribution in [0.15, 0.2) is 23.5 Å². The Bertz CT molecular complexity index is 1130. The zero-order valence-electron chi connectivity index (χ0n) is 16.8. The minimum atomic E-state index is -2.67. The third kappa shape index (κ3) is 4.18. The number of nitrogens with one attached hydrogen (secondary N) is 1. The van der Waals surface area contributed by atoms with Crippen LogP contribution in [0.3, 0.4) is 0 Å². The van der Waals surface area contributed by atoms with Crippen molar-refractivity contribution >= 4 is 51.7 Å². The number of halogens is 4. The zero-order valence-corrected chi connectivity index (χ0v) is 19.1. The number of fused-ring (bicyclic) bond motifs is 1. The highest BCUT2D eigenvalue weighted by molar-refractivity contribution is 7.98. The summed E-state index contributed by atoms with van der Waals surface area (Å²) in [5, 5.41) is 4.80. The number of benzene rings is 1. The zero-order chi connectivity index (χ0) is 22.3. The smallest absolute Gasteiger partial charge is 0.252 e. The SMILES string of the molecule is COc1cc(OC)c(Cl)c(-c2cc3cnc(SC)nc3c(NC3CC(F)(F)C3)n2)c1Cl. The van der Waals surface area contributed by atoms with Gasteiger partial charge in [-0.1, -0.05) is 35.0 Å². The molecule has 2 aromatic heterocycles. The number of nitrogens with zero attached hydrogens (tertiary/aromatic N) is 3. The number of anilines is 1. The number of alkyl halides is 2. The van der Waals surface area contributed by atoms with E-state index in [1.54, 1.807) is 18.3 Å². The highest BCUT2D eigenvalue weighted by Crippen LogP contribution is 2.46. The molecule has 0 amide bonds. The molecule has 0 unspecified atom stereocenters. The fourth-order valence-corrected chi connectivity index (χ4v) is 4.45. The van der Waals surface area contributed by atoms with Crippen molar-refractivity contribution in [3.8, 4) is 22.8 Å². The Balaban J connectivity index is 1.90. The van der Waals surface area contributed by atoms with Crippen LogP contribution in [0.4, 0.5) is 14.6 Å². The Hall–Kier alpha value is -2.10. The van der Waals surface area contributed by atoms with Crippen molar-refractivity contribution in [1.29, 1.82) is 0 Å². The number of pyridine rings is 1. The second-order valence-corrected chi connectivity index (χ2v) is 8.57. The van der Waals surface area contributed by atoms with E-state index in [0.29, 0.717) is 44.6 Å². The summed E-state index contributed by atoms with van der Waals surface area (Å²) in [6.07, 6.45) is 2.97. The van der Waals surface area contributed by atoms with Crippen LogP contribution in [0.1, 0.15) is 12.8 Å². The number of methoxy groups -OCH3 is 2. The van der Waals surface area contributed by atoms with Gasteiger partial charge in [-0.05, 0) is 12.3 Å². The van der Waals surface area contributed by atoms with E-state index in [2.05, 4.69) is 20.3 Å². The van der Waals surface area contributed by atoms with Gasteiger partial charge in [-0.25, -0.2) is 23.7 Å². The third-order valence-electron chi connectivity index (χ3n) is 4.99. The monoisotopic (exact) mass is 486 g/mol. The average Bonchev–Trinajstić information content (AvgIpc) is 2.72. The standard InChI is InChI=1S/C20H18Cl2F2N4O2S/c1-29-12-5-13(30-2)16(22)14(15(12)21)11-4-9-8-25-19(31-3)28-17(9)18(27-11)26-10-6-20(23,24)7-10/h4-5,8,10H,6-7H2,1-3H3,(H,26,27). The Morgan fingerprint density at radius 3 is 2.29 bits per heavy atom. The maximum Gasteiger partial charge on any atom is 0.252 e. The molecule has 0 atom stereocenters. The van der Waals surface area contributed by atoms with Gasteiger partial charge in [0.2, 0.25) is 0 Å². The molecule has 0 spiro atoms. The van der Waals surface area contributed by atoms with Crippen molar-refractivity contribution in [3.05, 3.63) is 28.4 Å². The van der Waals surface area contributed by atoms with Crippen LogP contribution in [0.25, 0.3) is 22.2 Å². The first-order chi connectivity index (χ1) is 14.8. The van der Waals surface area contributed by atoms with Crippen LogP contribution < -0.4 is 14.8 Å². The van der Waals surface area contributed by atoms with Gasteiger partial charge >= 0.3 is 0 Å². The van der Waals surface area contributed by atoms with Gasteiger partial charge in [-0.3, -0.25) is 0 Å². The van der Waals surface area contributed by atoms with Crippen molar-refractivity contribution in [2.75, 3.05) is 25.8 Å². The van der Waals surface area contributed by atoms with Gasteiger partial charge in [0, 0.05) is 42.1 Å². The molecule has 1 aromatic carbocycles. The van der Waals surface area contributed by atoms with Crippen LogP contribution >= 0.6 is 35.0 Å². The van der Waals surface area contributed by atoms with E-state index in [0.717, 1.165) is 0 Å². The first-order valence-electron chi connectivity index (χ1n) is 9.22. The molecular weight excluding hydrogens is 469 g/mol. The lowest BCUT2D eigenvalue weighted by atomic mass is 9.88. The van der Waals surface area contributed by atoms with Crippen LogP contribution in [0, 0.1) is 0 Å². The summed E-state index contributed by atoms with van der Waals surface area (Å²) >= 11 is 14.5. The van der Waals surface area contributed by atoms with E-state index in [-0.39, 0.29) is 22.9 Å². The Kier molecular flexibility index (Phi) is 6.02. The maximum absolute atomic E-state index is 13.4. The molecule has 1 aliphatic carbocycles. The molecule has 0 bridgehead atoms. The third-order valence-corrected chi connectivity index (χ3v) is 6.30. The topological polar surface area (TPSA) is 69.2 Å². The summed E-state index contributed by atoms with van der Waals surface area (Å²) in [7, 11) is 2.96. The number of ether oxygens (including phenoxy) is 2. The van der Waals surface area contributed by atoms with Crippen molar-refractivity contribution in [2.45, 2.75) is 30.0 Å². The van der Waals surface area contributed by atoms with E-state index >= 15 is 0 Å². The second kappa shape index (κ2) is 8.44. The van der Waals surface area contributed by atoms with E-state index in [4.69, 9.17) is 32.7 Å². The maximum atomic E-state index is 13.4. The highest BCUT2D eigenvalue weighted by Gasteiger charge is 2.45. The van der Waals surface area contributed by atoms with Crippen molar-refractivity contribution < 1.29 is 18.3 Å². The molecule has 6 nitrogen and oxygen atoms in total. The van der Waals surface area contributed by atoms with Gasteiger partial charge < -0.3 is 14.8 Å². The van der Waals surface area contributed by atoms with Crippen molar-refractivity contribution in [3.63, 3.8) is 0 Å². The average molecular weight is 487 g/mol. The number of hydrogen-bond donors (Lipinski definition) is 1. The molecule has 0 saturated heterocycles. The van der Waals surface area contributed by atoms with E-state index in [1.165, 1.54) is 26.0 Å². The predicted octanol–water partition coefficient (Wildman–Crippen LogP) is 5.95. The predicted molar refractivity (Wildman–Crippen MR) is 119 cm³/mol. The molecular formula is C20H18Cl2F2N4O2S. The van der Waals surface area contributed by atoms with E-state index in [1.807, 2.05) is 6.26 Å². The largest absolute Gasteiger partial charge is 0.495 e. The Morgan fingerprint density at radius 2 is 1.74 bits per heavy atom. The Labute approximate surface area is 191 Å². The molecule has 2 heterocycles. The summed E-state index contributed by atoms with van der Waals surface area (Å²) in [6.45, 7) is 0. The van der Waals surface area contributed by atoms with Crippen LogP contribution in [0.5, 0.6) is 11.5 Å². The summed E-state index contributed by atoms with van der Waals surface area (Å²) in [5.74, 6) is -1.58. The summed E-state index contributed by atoms with van der Waals surface area (Å²) < 4.78 is 37.5. The lowest BCUT2D eigenvalue weighted by Crippen LogP contribution is -2.44. The summed E-state index contributed by atoms with van der Waals surface area (Å²) in [5.41, 5.74) is 1.34. The van der Waals surface area contributed by atoms with Crippen LogP contribution in [0.2, 0.25) is 10.0 Å². The van der Waals surface area contributed by atoms with Gasteiger partial charge in [-0.2, -0.15) is 0 Å². The van der Waals surface area contributed by atoms with Gasteiger partial charge in [0.25, 0.3) is 5.92 Å². The summed E-state index contributed by atoms with van der Waals surface area (Å²) in [6, 6.07) is 2.91. The molecule has 164 valence electrons. The number of rotatable bonds is 6. The van der Waals surface area contributed by atoms with Crippen molar-refractivity contribution in [2.24, 2.45) is 0 Å². The molecule has 31 heavy (non-hydrogen) atoms. The fourth-order valence-electron chi connectivity index (χ4n) is 3.42. The number of thioether (sulfide) groups is 1. The van der Waals surface area contributed by atoms with Gasteiger partial charge in [0.05, 0.1) is 30.0 Å². The van der Waals surface area contributed by atoms with Crippen molar-refractivity contribution in [1.82, 2.24) is 15.0 Å². The molecule has 4 rings (SSSR count). The van der Waals surface area contributed by atoms with Gasteiger partial charge in [0.15, 0.2) is 11.0 Å². The number of hydrogen-bond acceptors (Lipinski definition) is 7. The molecule has 11 heteroatoms. The van der Waals surface area contributed by atoms with Crippen LogP contribution in [-0.2, 0) is 0 Å². The van der Waals surface area contributed by atoms with Gasteiger partial charge in [0.1, 0.15) is 17.0 Å². The minimum absolute atomic E-state index is 0.253. The lowest BCUT2D eigenvalue weighted by molar-refractivity contribution is -0.0793. The van der Waals surface area contributed by atoms with Gasteiger partial charge in [-0.15, -0.1) is 0 Å². The quantitative estimate of drug-likeness (QED) is 0.341. The molecule has 3 aromatic rings.